The molecule has 1 N–H and O–H groups in total. The van der Waals surface area contributed by atoms with E-state index >= 15 is 0 Å². The van der Waals surface area contributed by atoms with Crippen molar-refractivity contribution in [1.82, 2.24) is 9.97 Å². The lowest BCUT2D eigenvalue weighted by atomic mass is 10.1. The number of hydrogen-bond acceptors (Lipinski definition) is 3. The van der Waals surface area contributed by atoms with E-state index in [9.17, 15) is 0 Å². The van der Waals surface area contributed by atoms with Gasteiger partial charge >= 0.3 is 0 Å². The van der Waals surface area contributed by atoms with Gasteiger partial charge in [-0.2, -0.15) is 0 Å². The van der Waals surface area contributed by atoms with Crippen LogP contribution in [-0.2, 0) is 6.42 Å². The molecule has 0 saturated heterocycles. The maximum Gasteiger partial charge on any atom is 0.163 e. The highest BCUT2D eigenvalue weighted by Gasteiger charge is 2.11. The summed E-state index contributed by atoms with van der Waals surface area (Å²) in [6.45, 7) is 7.24. The predicted molar refractivity (Wildman–Crippen MR) is 92.9 cm³/mol. The maximum atomic E-state index is 6.30. The molecular weight excluding hydrogens is 350 g/mol. The normalized spacial score (nSPS) is 11.0. The van der Waals surface area contributed by atoms with Gasteiger partial charge in [0.05, 0.1) is 5.02 Å². The van der Waals surface area contributed by atoms with Crippen LogP contribution in [0, 0.1) is 5.92 Å². The molecule has 1 aromatic heterocycles. The summed E-state index contributed by atoms with van der Waals surface area (Å²) < 4.78 is 0.963. The summed E-state index contributed by atoms with van der Waals surface area (Å²) in [4.78, 5) is 9.25. The molecule has 2 aromatic rings. The highest BCUT2D eigenvalue weighted by molar-refractivity contribution is 9.10. The zero-order chi connectivity index (χ0) is 15.4. The molecule has 0 amide bonds. The summed E-state index contributed by atoms with van der Waals surface area (Å²) in [5.74, 6) is 2.05. The van der Waals surface area contributed by atoms with Crippen LogP contribution in [0.2, 0.25) is 5.02 Å². The molecule has 0 saturated carbocycles. The van der Waals surface area contributed by atoms with Crippen LogP contribution in [0.25, 0.3) is 11.4 Å². The van der Waals surface area contributed by atoms with Gasteiger partial charge in [0.25, 0.3) is 0 Å². The van der Waals surface area contributed by atoms with E-state index in [0.29, 0.717) is 16.8 Å². The number of rotatable bonds is 5. The molecule has 21 heavy (non-hydrogen) atoms. The molecule has 0 aliphatic rings. The summed E-state index contributed by atoms with van der Waals surface area (Å²) >= 11 is 9.77. The van der Waals surface area contributed by atoms with Crippen LogP contribution in [-0.4, -0.2) is 16.5 Å². The Hall–Kier alpha value is -1.13. The molecular formula is C16H19BrClN3. The number of halogens is 2. The Bertz CT molecular complexity index is 629. The number of benzene rings is 1. The van der Waals surface area contributed by atoms with E-state index < -0.39 is 0 Å². The summed E-state index contributed by atoms with van der Waals surface area (Å²) in [5.41, 5.74) is 1.87. The van der Waals surface area contributed by atoms with E-state index in [1.54, 1.807) is 0 Å². The summed E-state index contributed by atoms with van der Waals surface area (Å²) in [6.07, 6.45) is 0.916. The minimum atomic E-state index is 0.542. The number of aromatic nitrogens is 2. The predicted octanol–water partition coefficient (Wildman–Crippen LogP) is 5.19. The first-order valence-corrected chi connectivity index (χ1v) is 8.24. The molecule has 0 aliphatic carbocycles. The summed E-state index contributed by atoms with van der Waals surface area (Å²) in [6, 6.07) is 7.73. The van der Waals surface area contributed by atoms with E-state index in [-0.39, 0.29) is 0 Å². The van der Waals surface area contributed by atoms with E-state index in [2.05, 4.69) is 52.0 Å². The highest BCUT2D eigenvalue weighted by Crippen LogP contribution is 2.29. The van der Waals surface area contributed by atoms with Gasteiger partial charge in [-0.25, -0.2) is 9.97 Å². The van der Waals surface area contributed by atoms with E-state index in [1.807, 2.05) is 24.3 Å². The number of hydrogen-bond donors (Lipinski definition) is 1. The van der Waals surface area contributed by atoms with Gasteiger partial charge < -0.3 is 5.32 Å². The van der Waals surface area contributed by atoms with Gasteiger partial charge in [-0.15, -0.1) is 0 Å². The van der Waals surface area contributed by atoms with Crippen LogP contribution in [0.4, 0.5) is 5.82 Å². The monoisotopic (exact) mass is 367 g/mol. The molecule has 0 aliphatic heterocycles. The average molecular weight is 369 g/mol. The van der Waals surface area contributed by atoms with Crippen LogP contribution >= 0.6 is 27.5 Å². The average Bonchev–Trinajstić information content (AvgIpc) is 2.41. The minimum Gasteiger partial charge on any atom is -0.370 e. The molecule has 0 unspecified atom stereocenters. The third-order valence-corrected chi connectivity index (χ3v) is 3.75. The lowest BCUT2D eigenvalue weighted by Crippen LogP contribution is -2.06. The largest absolute Gasteiger partial charge is 0.370 e. The van der Waals surface area contributed by atoms with Crippen LogP contribution in [0.3, 0.4) is 0 Å². The van der Waals surface area contributed by atoms with Crippen molar-refractivity contribution in [3.8, 4) is 11.4 Å². The topological polar surface area (TPSA) is 37.8 Å². The first-order valence-electron chi connectivity index (χ1n) is 7.06. The molecule has 0 atom stereocenters. The van der Waals surface area contributed by atoms with Crippen molar-refractivity contribution >= 4 is 33.3 Å². The van der Waals surface area contributed by atoms with Gasteiger partial charge in [-0.3, -0.25) is 0 Å². The van der Waals surface area contributed by atoms with Crippen LogP contribution in [0.15, 0.2) is 28.7 Å². The summed E-state index contributed by atoms with van der Waals surface area (Å²) in [5, 5.41) is 3.91. The first kappa shape index (κ1) is 16.2. The second-order valence-electron chi connectivity index (χ2n) is 5.32. The van der Waals surface area contributed by atoms with Gasteiger partial charge in [-0.1, -0.05) is 41.4 Å². The van der Waals surface area contributed by atoms with Crippen molar-refractivity contribution in [2.45, 2.75) is 27.2 Å². The quantitative estimate of drug-likeness (QED) is 0.789. The lowest BCUT2D eigenvalue weighted by Gasteiger charge is -2.11. The number of anilines is 1. The fourth-order valence-corrected chi connectivity index (χ4v) is 2.64. The van der Waals surface area contributed by atoms with E-state index in [0.717, 1.165) is 34.5 Å². The zero-order valence-electron chi connectivity index (χ0n) is 12.5. The van der Waals surface area contributed by atoms with Gasteiger partial charge in [0.2, 0.25) is 0 Å². The lowest BCUT2D eigenvalue weighted by molar-refractivity contribution is 0.635. The van der Waals surface area contributed by atoms with Crippen LogP contribution in [0.1, 0.15) is 26.5 Å². The van der Waals surface area contributed by atoms with Crippen molar-refractivity contribution in [3.63, 3.8) is 0 Å². The molecule has 1 aromatic carbocycles. The molecule has 3 nitrogen and oxygen atoms in total. The fourth-order valence-electron chi connectivity index (χ4n) is 2.08. The Morgan fingerprint density at radius 2 is 2.00 bits per heavy atom. The van der Waals surface area contributed by atoms with Crippen molar-refractivity contribution in [1.29, 1.82) is 0 Å². The SMILES string of the molecule is CCNc1cc(CC(C)C)nc(-c2cc(Br)ccc2Cl)n1. The highest BCUT2D eigenvalue weighted by atomic mass is 79.9. The third kappa shape index (κ3) is 4.42. The zero-order valence-corrected chi connectivity index (χ0v) is 14.8. The molecule has 0 radical (unpaired) electrons. The molecule has 112 valence electrons. The van der Waals surface area contributed by atoms with Crippen LogP contribution in [0.5, 0.6) is 0 Å². The van der Waals surface area contributed by atoms with Gasteiger partial charge in [-0.05, 0) is 37.5 Å². The molecule has 0 fully saturated rings. The van der Waals surface area contributed by atoms with E-state index in [1.165, 1.54) is 0 Å². The summed E-state index contributed by atoms with van der Waals surface area (Å²) in [7, 11) is 0. The first-order chi connectivity index (χ1) is 9.99. The van der Waals surface area contributed by atoms with Crippen LogP contribution < -0.4 is 5.32 Å². The number of nitrogens with one attached hydrogen (secondary N) is 1. The smallest absolute Gasteiger partial charge is 0.163 e. The molecule has 1 heterocycles. The third-order valence-electron chi connectivity index (χ3n) is 2.92. The van der Waals surface area contributed by atoms with Crippen molar-refractivity contribution < 1.29 is 0 Å². The Kier molecular flexibility index (Phi) is 5.59. The molecule has 2 rings (SSSR count). The van der Waals surface area contributed by atoms with Crippen molar-refractivity contribution in [2.75, 3.05) is 11.9 Å². The van der Waals surface area contributed by atoms with Crippen molar-refractivity contribution in [2.24, 2.45) is 5.92 Å². The molecule has 0 spiro atoms. The van der Waals surface area contributed by atoms with Gasteiger partial charge in [0, 0.05) is 28.3 Å². The number of nitrogens with zero attached hydrogens (tertiary/aromatic N) is 2. The Morgan fingerprint density at radius 3 is 2.67 bits per heavy atom. The standard InChI is InChI=1S/C16H19BrClN3/c1-4-19-15-9-12(7-10(2)3)20-16(21-15)13-8-11(17)5-6-14(13)18/h5-6,8-10H,4,7H2,1-3H3,(H,19,20,21). The minimum absolute atomic E-state index is 0.542. The van der Waals surface area contributed by atoms with Crippen molar-refractivity contribution in [3.05, 3.63) is 39.5 Å². The Morgan fingerprint density at radius 1 is 1.24 bits per heavy atom. The maximum absolute atomic E-state index is 6.30. The van der Waals surface area contributed by atoms with Gasteiger partial charge in [0.15, 0.2) is 5.82 Å². The molecule has 5 heteroatoms. The van der Waals surface area contributed by atoms with Gasteiger partial charge in [0.1, 0.15) is 5.82 Å². The Balaban J connectivity index is 2.50. The molecule has 0 bridgehead atoms. The second kappa shape index (κ2) is 7.23. The second-order valence-corrected chi connectivity index (χ2v) is 6.64. The van der Waals surface area contributed by atoms with E-state index in [4.69, 9.17) is 11.6 Å². The fraction of sp³-hybridized carbons (Fsp3) is 0.375. The Labute approximate surface area is 139 Å².